The fraction of sp³-hybridized carbons (Fsp3) is 0.765. The number of hydrogen-bond donors (Lipinski definition) is 0. The number of hydrogen-bond acceptors (Lipinski definition) is 4. The van der Waals surface area contributed by atoms with E-state index in [0.717, 1.165) is 25.0 Å². The number of carbonyl (C=O) groups is 2. The molecule has 0 saturated carbocycles. The van der Waals surface area contributed by atoms with Crippen LogP contribution in [0.1, 0.15) is 72.1 Å². The Morgan fingerprint density at radius 1 is 0.857 bits per heavy atom. The molecule has 4 nitrogen and oxygen atoms in total. The Bertz CT molecular complexity index is 308. The Balaban J connectivity index is 3.45. The fourth-order valence-corrected chi connectivity index (χ4v) is 1.86. The quantitative estimate of drug-likeness (QED) is 0.308. The van der Waals surface area contributed by atoms with E-state index in [-0.39, 0.29) is 6.10 Å². The number of esters is 2. The standard InChI is InChI=1S/C17H30O4/c1-4-5-6-7-8-9-10-11-14-20-16(18)12-13-17(19)21-15(2)3/h12-13,15H,4-11,14H2,1-3H3/b13-12+. The minimum atomic E-state index is -0.519. The lowest BCUT2D eigenvalue weighted by molar-refractivity contribution is -0.142. The molecule has 21 heavy (non-hydrogen) atoms. The van der Waals surface area contributed by atoms with Gasteiger partial charge in [-0.3, -0.25) is 0 Å². The van der Waals surface area contributed by atoms with E-state index in [1.807, 2.05) is 0 Å². The van der Waals surface area contributed by atoms with E-state index >= 15 is 0 Å². The van der Waals surface area contributed by atoms with Crippen molar-refractivity contribution in [3.8, 4) is 0 Å². The molecular weight excluding hydrogens is 268 g/mol. The summed E-state index contributed by atoms with van der Waals surface area (Å²) in [5.74, 6) is -1.01. The molecule has 0 aromatic carbocycles. The Morgan fingerprint density at radius 3 is 1.95 bits per heavy atom. The van der Waals surface area contributed by atoms with E-state index in [2.05, 4.69) is 6.92 Å². The van der Waals surface area contributed by atoms with Crippen LogP contribution >= 0.6 is 0 Å². The van der Waals surface area contributed by atoms with E-state index in [4.69, 9.17) is 9.47 Å². The first kappa shape index (κ1) is 19.7. The molecule has 0 N–H and O–H groups in total. The first-order valence-electron chi connectivity index (χ1n) is 8.11. The van der Waals surface area contributed by atoms with Gasteiger partial charge in [-0.2, -0.15) is 0 Å². The molecule has 0 aliphatic carbocycles. The highest BCUT2D eigenvalue weighted by Gasteiger charge is 2.02. The molecule has 0 bridgehead atoms. The van der Waals surface area contributed by atoms with Gasteiger partial charge in [0, 0.05) is 12.2 Å². The zero-order chi connectivity index (χ0) is 15.9. The molecule has 0 heterocycles. The molecule has 0 atom stereocenters. The highest BCUT2D eigenvalue weighted by molar-refractivity contribution is 5.91. The van der Waals surface area contributed by atoms with E-state index in [9.17, 15) is 9.59 Å². The molecule has 0 aromatic heterocycles. The van der Waals surface area contributed by atoms with Crippen LogP contribution in [0.15, 0.2) is 12.2 Å². The van der Waals surface area contributed by atoms with Gasteiger partial charge in [0.25, 0.3) is 0 Å². The normalized spacial score (nSPS) is 11.0. The number of ether oxygens (including phenoxy) is 2. The van der Waals surface area contributed by atoms with Crippen LogP contribution in [0.3, 0.4) is 0 Å². The van der Waals surface area contributed by atoms with Gasteiger partial charge >= 0.3 is 11.9 Å². The van der Waals surface area contributed by atoms with E-state index in [1.165, 1.54) is 38.5 Å². The third-order valence-corrected chi connectivity index (χ3v) is 2.95. The minimum absolute atomic E-state index is 0.185. The monoisotopic (exact) mass is 298 g/mol. The second-order valence-electron chi connectivity index (χ2n) is 5.46. The average Bonchev–Trinajstić information content (AvgIpc) is 2.42. The maximum Gasteiger partial charge on any atom is 0.331 e. The van der Waals surface area contributed by atoms with Crippen molar-refractivity contribution in [1.29, 1.82) is 0 Å². The zero-order valence-corrected chi connectivity index (χ0v) is 13.7. The van der Waals surface area contributed by atoms with Crippen molar-refractivity contribution in [3.63, 3.8) is 0 Å². The van der Waals surface area contributed by atoms with Crippen LogP contribution in [-0.4, -0.2) is 24.6 Å². The predicted octanol–water partition coefficient (Wildman–Crippen LogP) is 4.18. The number of rotatable bonds is 12. The van der Waals surface area contributed by atoms with Gasteiger partial charge in [-0.25, -0.2) is 9.59 Å². The Kier molecular flexibility index (Phi) is 12.8. The van der Waals surface area contributed by atoms with Gasteiger partial charge in [0.2, 0.25) is 0 Å². The fourth-order valence-electron chi connectivity index (χ4n) is 1.86. The van der Waals surface area contributed by atoms with Gasteiger partial charge in [0.05, 0.1) is 12.7 Å². The van der Waals surface area contributed by atoms with E-state index in [0.29, 0.717) is 6.61 Å². The lowest BCUT2D eigenvalue weighted by Crippen LogP contribution is -2.09. The maximum atomic E-state index is 11.3. The Labute approximate surface area is 128 Å². The summed E-state index contributed by atoms with van der Waals surface area (Å²) in [5, 5.41) is 0. The molecule has 0 aliphatic rings. The van der Waals surface area contributed by atoms with Gasteiger partial charge in [0.1, 0.15) is 0 Å². The Morgan fingerprint density at radius 2 is 1.38 bits per heavy atom. The molecule has 0 saturated heterocycles. The lowest BCUT2D eigenvalue weighted by atomic mass is 10.1. The average molecular weight is 298 g/mol. The largest absolute Gasteiger partial charge is 0.463 e. The van der Waals surface area contributed by atoms with Crippen LogP contribution in [0.5, 0.6) is 0 Å². The van der Waals surface area contributed by atoms with Gasteiger partial charge in [-0.1, -0.05) is 51.9 Å². The van der Waals surface area contributed by atoms with Crippen molar-refractivity contribution in [2.24, 2.45) is 0 Å². The molecule has 0 rings (SSSR count). The summed E-state index contributed by atoms with van der Waals surface area (Å²) in [6, 6.07) is 0. The van der Waals surface area contributed by atoms with Crippen LogP contribution in [0.25, 0.3) is 0 Å². The third-order valence-electron chi connectivity index (χ3n) is 2.95. The Hall–Kier alpha value is -1.32. The number of carbonyl (C=O) groups excluding carboxylic acids is 2. The summed E-state index contributed by atoms with van der Waals surface area (Å²) >= 11 is 0. The first-order valence-corrected chi connectivity index (χ1v) is 8.11. The summed E-state index contributed by atoms with van der Waals surface area (Å²) in [6.45, 7) is 6.14. The summed E-state index contributed by atoms with van der Waals surface area (Å²) < 4.78 is 9.87. The predicted molar refractivity (Wildman–Crippen MR) is 83.9 cm³/mol. The van der Waals surface area contributed by atoms with Gasteiger partial charge in [-0.15, -0.1) is 0 Å². The third kappa shape index (κ3) is 14.9. The topological polar surface area (TPSA) is 52.6 Å². The smallest absolute Gasteiger partial charge is 0.331 e. The van der Waals surface area contributed by atoms with Crippen LogP contribution in [0.2, 0.25) is 0 Å². The van der Waals surface area contributed by atoms with Crippen molar-refractivity contribution in [3.05, 3.63) is 12.2 Å². The van der Waals surface area contributed by atoms with Crippen molar-refractivity contribution < 1.29 is 19.1 Å². The van der Waals surface area contributed by atoms with E-state index < -0.39 is 11.9 Å². The van der Waals surface area contributed by atoms with Gasteiger partial charge < -0.3 is 9.47 Å². The van der Waals surface area contributed by atoms with Crippen LogP contribution in [-0.2, 0) is 19.1 Å². The minimum Gasteiger partial charge on any atom is -0.463 e. The molecule has 0 radical (unpaired) electrons. The first-order chi connectivity index (χ1) is 10.1. The molecule has 0 spiro atoms. The summed E-state index contributed by atoms with van der Waals surface area (Å²) in [4.78, 5) is 22.5. The molecule has 0 aromatic rings. The number of unbranched alkanes of at least 4 members (excludes halogenated alkanes) is 7. The van der Waals surface area contributed by atoms with Crippen molar-refractivity contribution in [2.75, 3.05) is 6.61 Å². The van der Waals surface area contributed by atoms with Crippen molar-refractivity contribution in [1.82, 2.24) is 0 Å². The second kappa shape index (κ2) is 13.7. The van der Waals surface area contributed by atoms with Gasteiger partial charge in [0.15, 0.2) is 0 Å². The van der Waals surface area contributed by atoms with E-state index in [1.54, 1.807) is 13.8 Å². The highest BCUT2D eigenvalue weighted by Crippen LogP contribution is 2.08. The van der Waals surface area contributed by atoms with Crippen LogP contribution < -0.4 is 0 Å². The molecule has 122 valence electrons. The molecule has 0 amide bonds. The SMILES string of the molecule is CCCCCCCCCCOC(=O)/C=C/C(=O)OC(C)C. The van der Waals surface area contributed by atoms with Crippen molar-refractivity contribution >= 4 is 11.9 Å². The lowest BCUT2D eigenvalue weighted by Gasteiger charge is -2.04. The van der Waals surface area contributed by atoms with Crippen LogP contribution in [0, 0.1) is 0 Å². The molecule has 0 fully saturated rings. The molecule has 4 heteroatoms. The molecule has 0 unspecified atom stereocenters. The summed E-state index contributed by atoms with van der Waals surface area (Å²) in [7, 11) is 0. The second-order valence-corrected chi connectivity index (χ2v) is 5.46. The van der Waals surface area contributed by atoms with Crippen molar-refractivity contribution in [2.45, 2.75) is 78.2 Å². The highest BCUT2D eigenvalue weighted by atomic mass is 16.5. The molecular formula is C17H30O4. The molecule has 0 aliphatic heterocycles. The van der Waals surface area contributed by atoms with Crippen LogP contribution in [0.4, 0.5) is 0 Å². The maximum absolute atomic E-state index is 11.3. The van der Waals surface area contributed by atoms with Gasteiger partial charge in [-0.05, 0) is 20.3 Å². The summed E-state index contributed by atoms with van der Waals surface area (Å²) in [5.41, 5.74) is 0. The summed E-state index contributed by atoms with van der Waals surface area (Å²) in [6.07, 6.45) is 11.7. The zero-order valence-electron chi connectivity index (χ0n) is 13.7.